The van der Waals surface area contributed by atoms with Gasteiger partial charge >= 0.3 is 0 Å². The molecule has 1 aromatic carbocycles. The molecular formula is C27H26ClN7O. The number of anilines is 1. The van der Waals surface area contributed by atoms with Crippen LogP contribution in [0, 0.1) is 13.8 Å². The van der Waals surface area contributed by atoms with Crippen molar-refractivity contribution in [2.75, 3.05) is 5.73 Å². The summed E-state index contributed by atoms with van der Waals surface area (Å²) in [4.78, 5) is 21.7. The molecule has 1 saturated carbocycles. The minimum absolute atomic E-state index is 0.176. The van der Waals surface area contributed by atoms with Gasteiger partial charge in [0.05, 0.1) is 24.0 Å². The van der Waals surface area contributed by atoms with Gasteiger partial charge in [-0.15, -0.1) is 0 Å². The maximum absolute atomic E-state index is 12.9. The van der Waals surface area contributed by atoms with Crippen LogP contribution in [0.1, 0.15) is 57.1 Å². The quantitative estimate of drug-likeness (QED) is 0.349. The summed E-state index contributed by atoms with van der Waals surface area (Å²) >= 11 is 6.45. The van der Waals surface area contributed by atoms with E-state index in [1.54, 1.807) is 23.3 Å². The van der Waals surface area contributed by atoms with Gasteiger partial charge in [0, 0.05) is 47.8 Å². The first-order valence-electron chi connectivity index (χ1n) is 12.0. The molecule has 0 unspecified atom stereocenters. The molecule has 182 valence electrons. The van der Waals surface area contributed by atoms with Gasteiger partial charge in [-0.25, -0.2) is 9.97 Å². The van der Waals surface area contributed by atoms with Gasteiger partial charge in [-0.2, -0.15) is 5.10 Å². The number of nitrogens with zero attached hydrogens (tertiary/aromatic N) is 5. The molecule has 3 N–H and O–H groups in total. The molecule has 36 heavy (non-hydrogen) atoms. The minimum Gasteiger partial charge on any atom is -0.383 e. The van der Waals surface area contributed by atoms with E-state index in [0.717, 1.165) is 43.8 Å². The smallest absolute Gasteiger partial charge is 0.254 e. The number of pyridine rings is 2. The largest absolute Gasteiger partial charge is 0.383 e. The van der Waals surface area contributed by atoms with Crippen molar-refractivity contribution in [2.45, 2.75) is 45.7 Å². The lowest BCUT2D eigenvalue weighted by Gasteiger charge is -2.14. The number of rotatable bonds is 6. The number of amides is 1. The fraction of sp³-hybridized carbons (Fsp3) is 0.259. The number of fused-ring (bicyclic) bond motifs is 2. The highest BCUT2D eigenvalue weighted by Gasteiger charge is 2.26. The van der Waals surface area contributed by atoms with E-state index >= 15 is 0 Å². The average molecular weight is 500 g/mol. The maximum atomic E-state index is 12.9. The first-order valence-corrected chi connectivity index (χ1v) is 12.4. The number of aromatic nitrogens is 5. The van der Waals surface area contributed by atoms with E-state index in [-0.39, 0.29) is 5.91 Å². The van der Waals surface area contributed by atoms with E-state index in [0.29, 0.717) is 30.4 Å². The van der Waals surface area contributed by atoms with Crippen LogP contribution >= 0.6 is 11.6 Å². The highest BCUT2D eigenvalue weighted by atomic mass is 35.5. The summed E-state index contributed by atoms with van der Waals surface area (Å²) in [6.07, 6.45) is 11.5. The van der Waals surface area contributed by atoms with Crippen molar-refractivity contribution in [1.29, 1.82) is 0 Å². The van der Waals surface area contributed by atoms with Crippen molar-refractivity contribution in [2.24, 2.45) is 0 Å². The lowest BCUT2D eigenvalue weighted by Crippen LogP contribution is -2.23. The average Bonchev–Trinajstić information content (AvgIpc) is 3.46. The Morgan fingerprint density at radius 2 is 2.03 bits per heavy atom. The first kappa shape index (κ1) is 22.5. The number of imidazole rings is 1. The topological polar surface area (TPSA) is 103 Å². The van der Waals surface area contributed by atoms with Crippen LogP contribution < -0.4 is 11.1 Å². The number of nitrogen functional groups attached to an aromatic ring is 1. The molecule has 0 aliphatic heterocycles. The summed E-state index contributed by atoms with van der Waals surface area (Å²) in [7, 11) is 0. The molecular weight excluding hydrogens is 474 g/mol. The molecule has 9 heteroatoms. The Morgan fingerprint density at radius 3 is 2.83 bits per heavy atom. The van der Waals surface area contributed by atoms with Crippen LogP contribution in [0.2, 0.25) is 5.02 Å². The number of hydrogen-bond acceptors (Lipinski definition) is 5. The normalized spacial score (nSPS) is 13.5. The molecule has 6 rings (SSSR count). The van der Waals surface area contributed by atoms with Gasteiger partial charge < -0.3 is 15.5 Å². The van der Waals surface area contributed by atoms with E-state index in [2.05, 4.69) is 26.6 Å². The van der Waals surface area contributed by atoms with Crippen LogP contribution in [0.15, 0.2) is 49.2 Å². The number of nitrogens with two attached hydrogens (primary N) is 1. The Labute approximate surface area is 213 Å². The Hall–Kier alpha value is -3.91. The van der Waals surface area contributed by atoms with Gasteiger partial charge in [0.15, 0.2) is 0 Å². The van der Waals surface area contributed by atoms with Crippen molar-refractivity contribution in [1.82, 2.24) is 29.5 Å². The molecule has 0 radical (unpaired) electrons. The Kier molecular flexibility index (Phi) is 5.41. The third-order valence-electron chi connectivity index (χ3n) is 7.00. The number of carbonyl (C=O) groups excluding carboxylic acids is 1. The molecule has 0 saturated heterocycles. The summed E-state index contributed by atoms with van der Waals surface area (Å²) in [6.45, 7) is 4.94. The Bertz CT molecular complexity index is 1650. The van der Waals surface area contributed by atoms with Crippen LogP contribution in [0.25, 0.3) is 16.4 Å². The monoisotopic (exact) mass is 499 g/mol. The highest BCUT2D eigenvalue weighted by Crippen LogP contribution is 2.43. The van der Waals surface area contributed by atoms with Crippen LogP contribution in [-0.2, 0) is 13.1 Å². The van der Waals surface area contributed by atoms with E-state index in [4.69, 9.17) is 17.3 Å². The Morgan fingerprint density at radius 1 is 1.19 bits per heavy atom. The molecule has 1 fully saturated rings. The molecule has 1 aliphatic carbocycles. The molecule has 0 atom stereocenters. The second kappa shape index (κ2) is 8.64. The van der Waals surface area contributed by atoms with E-state index in [1.165, 1.54) is 18.4 Å². The first-order chi connectivity index (χ1) is 17.4. The van der Waals surface area contributed by atoms with E-state index in [1.807, 2.05) is 42.6 Å². The summed E-state index contributed by atoms with van der Waals surface area (Å²) in [5, 5.41) is 10.2. The molecule has 8 nitrogen and oxygen atoms in total. The van der Waals surface area contributed by atoms with E-state index in [9.17, 15) is 4.79 Å². The van der Waals surface area contributed by atoms with Crippen molar-refractivity contribution in [3.05, 3.63) is 87.7 Å². The van der Waals surface area contributed by atoms with Gasteiger partial charge in [-0.3, -0.25) is 9.48 Å². The predicted molar refractivity (Wildman–Crippen MR) is 140 cm³/mol. The third-order valence-corrected chi connectivity index (χ3v) is 7.32. The zero-order valence-corrected chi connectivity index (χ0v) is 20.9. The van der Waals surface area contributed by atoms with Crippen molar-refractivity contribution in [3.63, 3.8) is 0 Å². The van der Waals surface area contributed by atoms with Crippen LogP contribution in [0.4, 0.5) is 5.82 Å². The number of carbonyl (C=O) groups is 1. The number of halogens is 1. The summed E-state index contributed by atoms with van der Waals surface area (Å²) in [5.41, 5.74) is 12.6. The fourth-order valence-electron chi connectivity index (χ4n) is 4.86. The second-order valence-corrected chi connectivity index (χ2v) is 9.95. The fourth-order valence-corrected chi connectivity index (χ4v) is 5.16. The molecule has 0 bridgehead atoms. The number of benzene rings is 1. The number of aryl methyl sites for hydroxylation is 2. The number of nitrogens with one attached hydrogen (secondary N) is 1. The van der Waals surface area contributed by atoms with Gasteiger partial charge in [0.1, 0.15) is 11.5 Å². The minimum atomic E-state index is -0.176. The Balaban J connectivity index is 1.16. The zero-order chi connectivity index (χ0) is 25.0. The molecule has 4 heterocycles. The van der Waals surface area contributed by atoms with Crippen molar-refractivity contribution in [3.8, 4) is 0 Å². The molecule has 5 aromatic rings. The summed E-state index contributed by atoms with van der Waals surface area (Å²) in [6, 6.07) is 5.90. The van der Waals surface area contributed by atoms with Crippen molar-refractivity contribution >= 4 is 39.7 Å². The highest BCUT2D eigenvalue weighted by molar-refractivity contribution is 6.31. The summed E-state index contributed by atoms with van der Waals surface area (Å²) in [5.74, 6) is 0.904. The van der Waals surface area contributed by atoms with Crippen LogP contribution in [0.5, 0.6) is 0 Å². The third kappa shape index (κ3) is 4.07. The van der Waals surface area contributed by atoms with Gasteiger partial charge in [0.25, 0.3) is 5.91 Å². The van der Waals surface area contributed by atoms with Crippen LogP contribution in [-0.4, -0.2) is 30.1 Å². The zero-order valence-electron chi connectivity index (χ0n) is 20.1. The molecule has 0 spiro atoms. The SMILES string of the molecule is Cc1cc2c(N)nccc2c(C)c1CNC(=O)c1cnn(Cc2cn3cc(C4CC4)c(Cl)cc3n2)c1. The van der Waals surface area contributed by atoms with Crippen molar-refractivity contribution < 1.29 is 4.79 Å². The standard InChI is InChI=1S/C27H26ClN7O/c1-15-7-21-20(5-6-30-26(21)29)16(2)22(15)10-31-27(36)18-9-32-35(11-18)13-19-12-34-14-23(17-3-4-17)24(28)8-25(34)33-19/h5-9,11-12,14,17H,3-4,10,13H2,1-2H3,(H2,29,30)(H,31,36). The van der Waals surface area contributed by atoms with Gasteiger partial charge in [-0.1, -0.05) is 11.6 Å². The van der Waals surface area contributed by atoms with Crippen LogP contribution in [0.3, 0.4) is 0 Å². The number of hydrogen-bond donors (Lipinski definition) is 2. The lowest BCUT2D eigenvalue weighted by molar-refractivity contribution is 0.0950. The lowest BCUT2D eigenvalue weighted by atomic mass is 9.96. The van der Waals surface area contributed by atoms with Gasteiger partial charge in [-0.05, 0) is 72.4 Å². The van der Waals surface area contributed by atoms with Gasteiger partial charge in [0.2, 0.25) is 0 Å². The molecule has 1 aliphatic rings. The van der Waals surface area contributed by atoms with E-state index < -0.39 is 0 Å². The predicted octanol–water partition coefficient (Wildman–Crippen LogP) is 4.79. The summed E-state index contributed by atoms with van der Waals surface area (Å²) < 4.78 is 3.74. The molecule has 1 amide bonds. The maximum Gasteiger partial charge on any atom is 0.254 e. The molecule has 4 aromatic heterocycles. The second-order valence-electron chi connectivity index (χ2n) is 9.55.